The van der Waals surface area contributed by atoms with Gasteiger partial charge in [0, 0.05) is 12.8 Å². The Morgan fingerprint density at radius 2 is 2.18 bits per heavy atom. The molecule has 1 N–H and O–H groups in total. The van der Waals surface area contributed by atoms with Crippen LogP contribution in [-0.2, 0) is 19.1 Å². The van der Waals surface area contributed by atoms with E-state index < -0.39 is 11.5 Å². The molecule has 22 heavy (non-hydrogen) atoms. The van der Waals surface area contributed by atoms with Gasteiger partial charge < -0.3 is 14.8 Å². The molecular formula is C17H27NO4. The number of carbonyl (C=O) groups excluding carboxylic acids is 3. The van der Waals surface area contributed by atoms with Crippen molar-refractivity contribution in [2.45, 2.75) is 70.9 Å². The average Bonchev–Trinajstić information content (AvgIpc) is 2.81. The molecule has 1 amide bonds. The van der Waals surface area contributed by atoms with E-state index in [1.807, 2.05) is 0 Å². The summed E-state index contributed by atoms with van der Waals surface area (Å²) in [6, 6.07) is 0. The van der Waals surface area contributed by atoms with Gasteiger partial charge in [-0.05, 0) is 37.0 Å². The van der Waals surface area contributed by atoms with Crippen molar-refractivity contribution in [2.24, 2.45) is 17.8 Å². The van der Waals surface area contributed by atoms with Gasteiger partial charge in [0.05, 0.1) is 0 Å². The predicted molar refractivity (Wildman–Crippen MR) is 82.0 cm³/mol. The van der Waals surface area contributed by atoms with Gasteiger partial charge in [0.2, 0.25) is 5.91 Å². The minimum absolute atomic E-state index is 0.00775. The second-order valence-electron chi connectivity index (χ2n) is 7.27. The van der Waals surface area contributed by atoms with Crippen LogP contribution in [0.4, 0.5) is 0 Å². The monoisotopic (exact) mass is 309 g/mol. The molecule has 0 unspecified atom stereocenters. The van der Waals surface area contributed by atoms with E-state index in [1.165, 1.54) is 0 Å². The lowest BCUT2D eigenvalue weighted by Crippen LogP contribution is -2.52. The van der Waals surface area contributed by atoms with Gasteiger partial charge >= 0.3 is 5.97 Å². The summed E-state index contributed by atoms with van der Waals surface area (Å²) in [4.78, 5) is 35.1. The minimum atomic E-state index is -1.14. The van der Waals surface area contributed by atoms with E-state index in [0.717, 1.165) is 19.3 Å². The fourth-order valence-corrected chi connectivity index (χ4v) is 3.75. The first-order chi connectivity index (χ1) is 10.4. The Labute approximate surface area is 132 Å². The van der Waals surface area contributed by atoms with E-state index in [9.17, 15) is 14.4 Å². The second kappa shape index (κ2) is 6.80. The molecule has 0 aromatic heterocycles. The third-order valence-corrected chi connectivity index (χ3v) is 5.20. The van der Waals surface area contributed by atoms with Gasteiger partial charge in [-0.25, -0.2) is 4.79 Å². The van der Waals surface area contributed by atoms with Crippen LogP contribution in [0, 0.1) is 17.8 Å². The third-order valence-electron chi connectivity index (χ3n) is 5.20. The molecule has 1 saturated carbocycles. The fraction of sp³-hybridized carbons (Fsp3) is 0.824. The predicted octanol–water partition coefficient (Wildman–Crippen LogP) is 2.23. The zero-order valence-corrected chi connectivity index (χ0v) is 13.8. The molecule has 5 heteroatoms. The number of rotatable bonds is 5. The Morgan fingerprint density at radius 1 is 1.45 bits per heavy atom. The molecule has 1 saturated heterocycles. The summed E-state index contributed by atoms with van der Waals surface area (Å²) < 4.78 is 5.81. The highest BCUT2D eigenvalue weighted by molar-refractivity contribution is 5.93. The van der Waals surface area contributed by atoms with E-state index >= 15 is 0 Å². The van der Waals surface area contributed by atoms with Crippen molar-refractivity contribution >= 4 is 18.2 Å². The molecule has 0 radical (unpaired) electrons. The van der Waals surface area contributed by atoms with Gasteiger partial charge in [-0.15, -0.1) is 0 Å². The molecule has 0 aromatic carbocycles. The van der Waals surface area contributed by atoms with Crippen molar-refractivity contribution in [2.75, 3.05) is 0 Å². The molecule has 0 bridgehead atoms. The smallest absolute Gasteiger partial charge is 0.332 e. The first-order valence-corrected chi connectivity index (χ1v) is 8.33. The second-order valence-corrected chi connectivity index (χ2v) is 7.27. The highest BCUT2D eigenvalue weighted by Crippen LogP contribution is 2.36. The molecule has 2 fully saturated rings. The molecule has 5 nitrogen and oxygen atoms in total. The van der Waals surface area contributed by atoms with Crippen molar-refractivity contribution < 1.29 is 19.1 Å². The lowest BCUT2D eigenvalue weighted by molar-refractivity contribution is -0.164. The fourth-order valence-electron chi connectivity index (χ4n) is 3.75. The quantitative estimate of drug-likeness (QED) is 0.624. The maximum atomic E-state index is 12.6. The number of ether oxygens (including phenoxy) is 1. The summed E-state index contributed by atoms with van der Waals surface area (Å²) in [6.07, 6.45) is 4.27. The van der Waals surface area contributed by atoms with Crippen LogP contribution in [0.3, 0.4) is 0 Å². The zero-order valence-electron chi connectivity index (χ0n) is 13.8. The van der Waals surface area contributed by atoms with Crippen molar-refractivity contribution in [1.29, 1.82) is 0 Å². The number of hydrogen-bond donors (Lipinski definition) is 1. The lowest BCUT2D eigenvalue weighted by atomic mass is 9.75. The SMILES string of the molecule is CC(C)[C@H]1CC[C@H](C)C[C@@H]1OC(=O)[C@]1(CC=O)CCC(=O)N1. The highest BCUT2D eigenvalue weighted by Gasteiger charge is 2.47. The Kier molecular flexibility index (Phi) is 5.24. The molecular weight excluding hydrogens is 282 g/mol. The van der Waals surface area contributed by atoms with Gasteiger partial charge in [-0.3, -0.25) is 4.79 Å². The van der Waals surface area contributed by atoms with Crippen LogP contribution in [-0.4, -0.2) is 29.8 Å². The van der Waals surface area contributed by atoms with Gasteiger partial charge in [0.25, 0.3) is 0 Å². The van der Waals surface area contributed by atoms with Gasteiger partial charge in [0.1, 0.15) is 17.9 Å². The van der Waals surface area contributed by atoms with Crippen LogP contribution in [0.15, 0.2) is 0 Å². The largest absolute Gasteiger partial charge is 0.460 e. The molecule has 1 aliphatic carbocycles. The van der Waals surface area contributed by atoms with Gasteiger partial charge in [-0.1, -0.05) is 27.2 Å². The molecule has 1 aliphatic heterocycles. The van der Waals surface area contributed by atoms with Crippen LogP contribution >= 0.6 is 0 Å². The maximum Gasteiger partial charge on any atom is 0.332 e. The van der Waals surface area contributed by atoms with Crippen LogP contribution in [0.25, 0.3) is 0 Å². The summed E-state index contributed by atoms with van der Waals surface area (Å²) in [5.41, 5.74) is -1.14. The average molecular weight is 309 g/mol. The minimum Gasteiger partial charge on any atom is -0.460 e. The summed E-state index contributed by atoms with van der Waals surface area (Å²) in [6.45, 7) is 6.48. The molecule has 1 heterocycles. The number of amides is 1. The Balaban J connectivity index is 2.10. The summed E-state index contributed by atoms with van der Waals surface area (Å²) >= 11 is 0. The first-order valence-electron chi connectivity index (χ1n) is 8.33. The molecule has 0 spiro atoms. The number of carbonyl (C=O) groups is 3. The number of nitrogens with one attached hydrogen (secondary N) is 1. The Morgan fingerprint density at radius 3 is 2.73 bits per heavy atom. The van der Waals surface area contributed by atoms with Gasteiger partial charge in [0.15, 0.2) is 0 Å². The van der Waals surface area contributed by atoms with E-state index in [-0.39, 0.29) is 24.9 Å². The van der Waals surface area contributed by atoms with Crippen LogP contribution in [0.1, 0.15) is 59.3 Å². The van der Waals surface area contributed by atoms with E-state index in [2.05, 4.69) is 26.1 Å². The zero-order chi connectivity index (χ0) is 16.3. The third kappa shape index (κ3) is 3.50. The van der Waals surface area contributed by atoms with Gasteiger partial charge in [-0.2, -0.15) is 0 Å². The molecule has 2 rings (SSSR count). The number of aldehydes is 1. The lowest BCUT2D eigenvalue weighted by Gasteiger charge is -2.38. The number of hydrogen-bond acceptors (Lipinski definition) is 4. The first kappa shape index (κ1) is 17.0. The highest BCUT2D eigenvalue weighted by atomic mass is 16.5. The topological polar surface area (TPSA) is 72.5 Å². The summed E-state index contributed by atoms with van der Waals surface area (Å²) in [5.74, 6) is 0.718. The van der Waals surface area contributed by atoms with Crippen LogP contribution in [0.2, 0.25) is 0 Å². The van der Waals surface area contributed by atoms with Crippen molar-refractivity contribution in [3.63, 3.8) is 0 Å². The number of esters is 1. The maximum absolute atomic E-state index is 12.6. The Hall–Kier alpha value is -1.39. The molecule has 2 aliphatic rings. The Bertz CT molecular complexity index is 448. The van der Waals surface area contributed by atoms with E-state index in [4.69, 9.17) is 4.74 Å². The summed E-state index contributed by atoms with van der Waals surface area (Å²) in [7, 11) is 0. The van der Waals surface area contributed by atoms with E-state index in [0.29, 0.717) is 30.5 Å². The molecule has 4 atom stereocenters. The normalized spacial score (nSPS) is 35.3. The van der Waals surface area contributed by atoms with Crippen LogP contribution in [0.5, 0.6) is 0 Å². The standard InChI is InChI=1S/C17H27NO4/c1-11(2)13-5-4-12(3)10-14(13)22-16(21)17(8-9-19)7-6-15(20)18-17/h9,11-14H,4-8,10H2,1-3H3,(H,18,20)/t12-,13+,14-,17+/m0/s1. The van der Waals surface area contributed by atoms with E-state index in [1.54, 1.807) is 0 Å². The molecule has 0 aromatic rings. The molecule has 124 valence electrons. The van der Waals surface area contributed by atoms with Crippen LogP contribution < -0.4 is 5.32 Å². The van der Waals surface area contributed by atoms with Crippen molar-refractivity contribution in [3.05, 3.63) is 0 Å². The van der Waals surface area contributed by atoms with Crippen molar-refractivity contribution in [3.8, 4) is 0 Å². The van der Waals surface area contributed by atoms with Crippen molar-refractivity contribution in [1.82, 2.24) is 5.32 Å². The summed E-state index contributed by atoms with van der Waals surface area (Å²) in [5, 5.41) is 2.67.